The third-order valence-corrected chi connectivity index (χ3v) is 3.40. The van der Waals surface area contributed by atoms with Crippen molar-refractivity contribution in [1.82, 2.24) is 14.5 Å². The van der Waals surface area contributed by atoms with E-state index in [0.717, 1.165) is 25.3 Å². The Labute approximate surface area is 113 Å². The van der Waals surface area contributed by atoms with Gasteiger partial charge in [-0.25, -0.2) is 4.98 Å². The Kier molecular flexibility index (Phi) is 4.39. The van der Waals surface area contributed by atoms with Gasteiger partial charge in [0.05, 0.1) is 5.69 Å². The summed E-state index contributed by atoms with van der Waals surface area (Å²) in [6, 6.07) is 8.06. The van der Waals surface area contributed by atoms with E-state index >= 15 is 0 Å². The van der Waals surface area contributed by atoms with Crippen molar-refractivity contribution in [2.24, 2.45) is 0 Å². The zero-order valence-electron chi connectivity index (χ0n) is 10.8. The summed E-state index contributed by atoms with van der Waals surface area (Å²) in [4.78, 5) is 6.50. The van der Waals surface area contributed by atoms with Crippen LogP contribution in [0.4, 0.5) is 0 Å². The van der Waals surface area contributed by atoms with Crippen molar-refractivity contribution in [2.75, 3.05) is 13.1 Å². The predicted molar refractivity (Wildman–Crippen MR) is 75.2 cm³/mol. The molecule has 4 heteroatoms. The minimum absolute atomic E-state index is 0.537. The Morgan fingerprint density at radius 1 is 1.22 bits per heavy atom. The quantitative estimate of drug-likeness (QED) is 0.772. The molecule has 0 spiro atoms. The van der Waals surface area contributed by atoms with E-state index in [1.807, 2.05) is 24.4 Å². The molecule has 0 amide bonds. The smallest absolute Gasteiger partial charge is 0.152 e. The highest BCUT2D eigenvalue weighted by Crippen LogP contribution is 2.20. The fourth-order valence-electron chi connectivity index (χ4n) is 2.01. The van der Waals surface area contributed by atoms with Crippen LogP contribution in [0.15, 0.2) is 36.7 Å². The van der Waals surface area contributed by atoms with E-state index < -0.39 is 0 Å². The molecule has 0 fully saturated rings. The van der Waals surface area contributed by atoms with E-state index in [2.05, 4.69) is 34.4 Å². The standard InChI is InChI=1S/C14H18ClN3/c1-3-17(4-2)11-12-7-6-10-18(12)13-8-5-9-16-14(13)15/h5-10H,3-4,11H2,1-2H3. The van der Waals surface area contributed by atoms with Crippen LogP contribution in [0.2, 0.25) is 5.15 Å². The lowest BCUT2D eigenvalue weighted by Gasteiger charge is -2.19. The van der Waals surface area contributed by atoms with Crippen molar-refractivity contribution in [3.63, 3.8) is 0 Å². The van der Waals surface area contributed by atoms with Gasteiger partial charge in [0.1, 0.15) is 0 Å². The second kappa shape index (κ2) is 6.03. The first-order valence-electron chi connectivity index (χ1n) is 6.25. The van der Waals surface area contributed by atoms with Crippen molar-refractivity contribution in [3.05, 3.63) is 47.5 Å². The summed E-state index contributed by atoms with van der Waals surface area (Å²) in [5, 5.41) is 0.537. The highest BCUT2D eigenvalue weighted by Gasteiger charge is 2.09. The average molecular weight is 264 g/mol. The van der Waals surface area contributed by atoms with E-state index in [1.54, 1.807) is 6.20 Å². The predicted octanol–water partition coefficient (Wildman–Crippen LogP) is 3.37. The first kappa shape index (κ1) is 13.1. The summed E-state index contributed by atoms with van der Waals surface area (Å²) < 4.78 is 2.10. The van der Waals surface area contributed by atoms with Crippen LogP contribution in [0.3, 0.4) is 0 Å². The topological polar surface area (TPSA) is 21.1 Å². The molecule has 18 heavy (non-hydrogen) atoms. The highest BCUT2D eigenvalue weighted by molar-refractivity contribution is 6.31. The van der Waals surface area contributed by atoms with Crippen molar-refractivity contribution in [3.8, 4) is 5.69 Å². The van der Waals surface area contributed by atoms with Gasteiger partial charge >= 0.3 is 0 Å². The molecule has 0 aliphatic rings. The number of pyridine rings is 1. The third kappa shape index (κ3) is 2.74. The largest absolute Gasteiger partial charge is 0.317 e. The molecular formula is C14H18ClN3. The fourth-order valence-corrected chi connectivity index (χ4v) is 2.22. The van der Waals surface area contributed by atoms with Gasteiger partial charge in [-0.15, -0.1) is 0 Å². The van der Waals surface area contributed by atoms with Gasteiger partial charge in [-0.3, -0.25) is 4.90 Å². The van der Waals surface area contributed by atoms with Crippen molar-refractivity contribution in [2.45, 2.75) is 20.4 Å². The van der Waals surface area contributed by atoms with E-state index in [4.69, 9.17) is 11.6 Å². The molecular weight excluding hydrogens is 246 g/mol. The van der Waals surface area contributed by atoms with Crippen LogP contribution in [-0.2, 0) is 6.54 Å². The molecule has 2 heterocycles. The summed E-state index contributed by atoms with van der Waals surface area (Å²) in [6.07, 6.45) is 3.74. The Morgan fingerprint density at radius 3 is 2.67 bits per heavy atom. The minimum Gasteiger partial charge on any atom is -0.317 e. The zero-order valence-corrected chi connectivity index (χ0v) is 11.6. The number of rotatable bonds is 5. The lowest BCUT2D eigenvalue weighted by molar-refractivity contribution is 0.290. The molecule has 2 aromatic heterocycles. The van der Waals surface area contributed by atoms with Crippen LogP contribution in [0, 0.1) is 0 Å². The monoisotopic (exact) mass is 263 g/mol. The van der Waals surface area contributed by atoms with Crippen molar-refractivity contribution in [1.29, 1.82) is 0 Å². The van der Waals surface area contributed by atoms with Crippen LogP contribution in [0.5, 0.6) is 0 Å². The molecule has 0 N–H and O–H groups in total. The summed E-state index contributed by atoms with van der Waals surface area (Å²) in [6.45, 7) is 7.36. The summed E-state index contributed by atoms with van der Waals surface area (Å²) in [5.41, 5.74) is 2.17. The molecule has 0 saturated carbocycles. The molecule has 0 unspecified atom stereocenters. The number of halogens is 1. The lowest BCUT2D eigenvalue weighted by atomic mass is 10.3. The average Bonchev–Trinajstić information content (AvgIpc) is 2.84. The van der Waals surface area contributed by atoms with Crippen molar-refractivity contribution < 1.29 is 0 Å². The Bertz CT molecular complexity index is 503. The molecule has 3 nitrogen and oxygen atoms in total. The molecule has 0 atom stereocenters. The van der Waals surface area contributed by atoms with E-state index in [9.17, 15) is 0 Å². The molecule has 2 aromatic rings. The Balaban J connectivity index is 2.31. The molecule has 0 aromatic carbocycles. The fraction of sp³-hybridized carbons (Fsp3) is 0.357. The molecule has 96 valence electrons. The van der Waals surface area contributed by atoms with E-state index in [-0.39, 0.29) is 0 Å². The molecule has 0 aliphatic heterocycles. The maximum Gasteiger partial charge on any atom is 0.152 e. The highest BCUT2D eigenvalue weighted by atomic mass is 35.5. The lowest BCUT2D eigenvalue weighted by Crippen LogP contribution is -2.23. The number of nitrogens with zero attached hydrogens (tertiary/aromatic N) is 3. The first-order valence-corrected chi connectivity index (χ1v) is 6.63. The van der Waals surface area contributed by atoms with Gasteiger partial charge in [-0.1, -0.05) is 25.4 Å². The van der Waals surface area contributed by atoms with Crippen LogP contribution in [-0.4, -0.2) is 27.5 Å². The Morgan fingerprint density at radius 2 is 2.00 bits per heavy atom. The Hall–Kier alpha value is -1.32. The second-order valence-corrected chi connectivity index (χ2v) is 4.50. The van der Waals surface area contributed by atoms with Gasteiger partial charge in [0.15, 0.2) is 5.15 Å². The SMILES string of the molecule is CCN(CC)Cc1cccn1-c1cccnc1Cl. The van der Waals surface area contributed by atoms with Crippen molar-refractivity contribution >= 4 is 11.6 Å². The number of hydrogen-bond acceptors (Lipinski definition) is 2. The van der Waals surface area contributed by atoms with Crippen LogP contribution in [0.1, 0.15) is 19.5 Å². The van der Waals surface area contributed by atoms with Crippen LogP contribution >= 0.6 is 11.6 Å². The maximum absolute atomic E-state index is 6.15. The molecule has 0 bridgehead atoms. The number of hydrogen-bond donors (Lipinski definition) is 0. The van der Waals surface area contributed by atoms with Gasteiger partial charge in [0.2, 0.25) is 0 Å². The summed E-state index contributed by atoms with van der Waals surface area (Å²) in [7, 11) is 0. The van der Waals surface area contributed by atoms with Gasteiger partial charge < -0.3 is 4.57 Å². The third-order valence-electron chi connectivity index (χ3n) is 3.11. The minimum atomic E-state index is 0.537. The van der Waals surface area contributed by atoms with E-state index in [1.165, 1.54) is 5.69 Å². The zero-order chi connectivity index (χ0) is 13.0. The first-order chi connectivity index (χ1) is 8.76. The summed E-state index contributed by atoms with van der Waals surface area (Å²) >= 11 is 6.15. The maximum atomic E-state index is 6.15. The summed E-state index contributed by atoms with van der Waals surface area (Å²) in [5.74, 6) is 0. The molecule has 0 aliphatic carbocycles. The van der Waals surface area contributed by atoms with Crippen LogP contribution in [0.25, 0.3) is 5.69 Å². The number of aromatic nitrogens is 2. The van der Waals surface area contributed by atoms with E-state index in [0.29, 0.717) is 5.15 Å². The van der Waals surface area contributed by atoms with Gasteiger partial charge in [0.25, 0.3) is 0 Å². The van der Waals surface area contributed by atoms with Gasteiger partial charge in [-0.05, 0) is 37.4 Å². The normalized spacial score (nSPS) is 11.1. The van der Waals surface area contributed by atoms with Crippen LogP contribution < -0.4 is 0 Å². The van der Waals surface area contributed by atoms with Gasteiger partial charge in [0, 0.05) is 24.6 Å². The van der Waals surface area contributed by atoms with Gasteiger partial charge in [-0.2, -0.15) is 0 Å². The molecule has 0 saturated heterocycles. The molecule has 2 rings (SSSR count). The second-order valence-electron chi connectivity index (χ2n) is 4.14. The molecule has 0 radical (unpaired) electrons.